The van der Waals surface area contributed by atoms with Crippen LogP contribution < -0.4 is 14.8 Å². The lowest BCUT2D eigenvalue weighted by atomic mass is 10.2. The second kappa shape index (κ2) is 8.87. The molecule has 0 bridgehead atoms. The lowest BCUT2D eigenvalue weighted by Gasteiger charge is -2.17. The van der Waals surface area contributed by atoms with Gasteiger partial charge in [0.25, 0.3) is 10.0 Å². The topological polar surface area (TPSA) is 98.1 Å². The molecule has 0 aliphatic heterocycles. The van der Waals surface area contributed by atoms with Crippen molar-refractivity contribution in [3.8, 4) is 11.4 Å². The summed E-state index contributed by atoms with van der Waals surface area (Å²) in [5, 5.41) is 3.27. The SMILES string of the molecule is COc1ccc(-n2cccc2)c(Nc2nc3ccccc3nc2NS(=O)(=O)c2ccccc2)c1. The zero-order valence-electron chi connectivity index (χ0n) is 18.2. The zero-order valence-corrected chi connectivity index (χ0v) is 19.0. The highest BCUT2D eigenvalue weighted by Gasteiger charge is 2.20. The van der Waals surface area contributed by atoms with E-state index >= 15 is 0 Å². The molecule has 0 aliphatic carbocycles. The summed E-state index contributed by atoms with van der Waals surface area (Å²) in [6, 6.07) is 24.8. The molecule has 0 amide bonds. The average Bonchev–Trinajstić information content (AvgIpc) is 3.39. The Kier molecular flexibility index (Phi) is 5.60. The van der Waals surface area contributed by atoms with Crippen LogP contribution in [0.2, 0.25) is 0 Å². The van der Waals surface area contributed by atoms with Crippen molar-refractivity contribution in [2.45, 2.75) is 4.90 Å². The molecule has 0 unspecified atom stereocenters. The minimum absolute atomic E-state index is 0.0869. The van der Waals surface area contributed by atoms with Crippen molar-refractivity contribution in [1.82, 2.24) is 14.5 Å². The van der Waals surface area contributed by atoms with Crippen molar-refractivity contribution < 1.29 is 13.2 Å². The number of fused-ring (bicyclic) bond motifs is 1. The normalized spacial score (nSPS) is 11.3. The van der Waals surface area contributed by atoms with Gasteiger partial charge in [-0.15, -0.1) is 0 Å². The van der Waals surface area contributed by atoms with Gasteiger partial charge in [0.2, 0.25) is 0 Å². The van der Waals surface area contributed by atoms with E-state index in [-0.39, 0.29) is 16.5 Å². The summed E-state index contributed by atoms with van der Waals surface area (Å²) in [6.45, 7) is 0. The number of nitrogens with one attached hydrogen (secondary N) is 2. The lowest BCUT2D eigenvalue weighted by Crippen LogP contribution is -2.16. The maximum atomic E-state index is 13.1. The van der Waals surface area contributed by atoms with Crippen molar-refractivity contribution in [3.05, 3.63) is 97.3 Å². The van der Waals surface area contributed by atoms with E-state index in [2.05, 4.69) is 20.0 Å². The summed E-state index contributed by atoms with van der Waals surface area (Å²) in [5.41, 5.74) is 2.69. The number of sulfonamides is 1. The van der Waals surface area contributed by atoms with Gasteiger partial charge >= 0.3 is 0 Å². The Morgan fingerprint density at radius 3 is 2.12 bits per heavy atom. The molecular formula is C25H21N5O3S. The Morgan fingerprint density at radius 1 is 0.794 bits per heavy atom. The minimum atomic E-state index is -3.89. The standard InChI is InChI=1S/C25H21N5O3S/c1-33-18-13-14-23(30-15-7-8-16-30)22(17-18)28-24-25(27-21-12-6-5-11-20(21)26-24)29-34(31,32)19-9-3-2-4-10-19/h2-17H,1H3,(H,26,28)(H,27,29). The van der Waals surface area contributed by atoms with Crippen LogP contribution in [-0.2, 0) is 10.0 Å². The third-order valence-corrected chi connectivity index (χ3v) is 6.55. The third-order valence-electron chi connectivity index (χ3n) is 5.19. The van der Waals surface area contributed by atoms with Gasteiger partial charge in [0, 0.05) is 18.5 Å². The van der Waals surface area contributed by atoms with Gasteiger partial charge in [-0.1, -0.05) is 30.3 Å². The van der Waals surface area contributed by atoms with E-state index in [9.17, 15) is 8.42 Å². The van der Waals surface area contributed by atoms with Crippen LogP contribution in [0, 0.1) is 0 Å². The second-order valence-electron chi connectivity index (χ2n) is 7.43. The van der Waals surface area contributed by atoms with E-state index in [4.69, 9.17) is 4.74 Å². The molecule has 34 heavy (non-hydrogen) atoms. The Hall–Kier alpha value is -4.37. The van der Waals surface area contributed by atoms with Crippen LogP contribution in [0.15, 0.2) is 102 Å². The van der Waals surface area contributed by atoms with E-state index in [0.717, 1.165) is 5.69 Å². The van der Waals surface area contributed by atoms with Crippen molar-refractivity contribution in [2.24, 2.45) is 0 Å². The summed E-state index contributed by atoms with van der Waals surface area (Å²) in [5.74, 6) is 0.988. The second-order valence-corrected chi connectivity index (χ2v) is 9.11. The predicted octanol–water partition coefficient (Wildman–Crippen LogP) is 4.97. The molecule has 170 valence electrons. The van der Waals surface area contributed by atoms with Gasteiger partial charge in [-0.25, -0.2) is 18.4 Å². The summed E-state index contributed by atoms with van der Waals surface area (Å²) in [7, 11) is -2.30. The predicted molar refractivity (Wildman–Crippen MR) is 132 cm³/mol. The van der Waals surface area contributed by atoms with E-state index in [1.807, 2.05) is 65.5 Å². The van der Waals surface area contributed by atoms with Crippen LogP contribution in [0.3, 0.4) is 0 Å². The average molecular weight is 472 g/mol. The lowest BCUT2D eigenvalue weighted by molar-refractivity contribution is 0.415. The van der Waals surface area contributed by atoms with Crippen LogP contribution in [0.4, 0.5) is 17.3 Å². The highest BCUT2D eigenvalue weighted by molar-refractivity contribution is 7.92. The van der Waals surface area contributed by atoms with Gasteiger partial charge in [-0.2, -0.15) is 0 Å². The van der Waals surface area contributed by atoms with E-state index in [0.29, 0.717) is 22.5 Å². The molecule has 0 saturated heterocycles. The Balaban J connectivity index is 1.63. The summed E-state index contributed by atoms with van der Waals surface area (Å²) in [4.78, 5) is 9.37. The number of hydrogen-bond donors (Lipinski definition) is 2. The molecule has 2 heterocycles. The number of nitrogens with zero attached hydrogens (tertiary/aromatic N) is 3. The fraction of sp³-hybridized carbons (Fsp3) is 0.0400. The molecule has 0 spiro atoms. The number of ether oxygens (including phenoxy) is 1. The molecule has 0 radical (unpaired) electrons. The van der Waals surface area contributed by atoms with Crippen molar-refractivity contribution in [1.29, 1.82) is 0 Å². The number of aromatic nitrogens is 3. The third kappa shape index (κ3) is 4.28. The number of rotatable bonds is 7. The van der Waals surface area contributed by atoms with Gasteiger partial charge in [0.1, 0.15) is 5.75 Å². The number of anilines is 3. The molecule has 3 aromatic carbocycles. The molecule has 8 nitrogen and oxygen atoms in total. The smallest absolute Gasteiger partial charge is 0.263 e. The van der Waals surface area contributed by atoms with Gasteiger partial charge < -0.3 is 14.6 Å². The quantitative estimate of drug-likeness (QED) is 0.348. The first-order chi connectivity index (χ1) is 16.5. The number of benzene rings is 3. The Morgan fingerprint density at radius 2 is 1.44 bits per heavy atom. The minimum Gasteiger partial charge on any atom is -0.497 e. The van der Waals surface area contributed by atoms with Crippen molar-refractivity contribution in [3.63, 3.8) is 0 Å². The first kappa shape index (κ1) is 21.5. The monoisotopic (exact) mass is 471 g/mol. The first-order valence-electron chi connectivity index (χ1n) is 10.5. The number of methoxy groups -OCH3 is 1. The van der Waals surface area contributed by atoms with Gasteiger partial charge in [0.15, 0.2) is 11.6 Å². The summed E-state index contributed by atoms with van der Waals surface area (Å²) in [6.07, 6.45) is 3.83. The molecule has 9 heteroatoms. The fourth-order valence-corrected chi connectivity index (χ4v) is 4.56. The van der Waals surface area contributed by atoms with Crippen LogP contribution in [-0.4, -0.2) is 30.1 Å². The van der Waals surface area contributed by atoms with Crippen LogP contribution in [0.25, 0.3) is 16.7 Å². The zero-order chi connectivity index (χ0) is 23.5. The molecule has 2 aromatic heterocycles. The van der Waals surface area contributed by atoms with Gasteiger partial charge in [0.05, 0.1) is 34.4 Å². The molecule has 0 fully saturated rings. The molecule has 0 aliphatic rings. The van der Waals surface area contributed by atoms with Gasteiger partial charge in [-0.3, -0.25) is 4.72 Å². The molecule has 5 aromatic rings. The van der Waals surface area contributed by atoms with E-state index in [1.54, 1.807) is 31.4 Å². The molecule has 5 rings (SSSR count). The number of hydrogen-bond acceptors (Lipinski definition) is 6. The van der Waals surface area contributed by atoms with Crippen LogP contribution >= 0.6 is 0 Å². The molecule has 0 saturated carbocycles. The van der Waals surface area contributed by atoms with Crippen molar-refractivity contribution >= 4 is 38.4 Å². The van der Waals surface area contributed by atoms with E-state index < -0.39 is 10.0 Å². The van der Waals surface area contributed by atoms with E-state index in [1.165, 1.54) is 12.1 Å². The highest BCUT2D eigenvalue weighted by Crippen LogP contribution is 2.32. The van der Waals surface area contributed by atoms with Crippen molar-refractivity contribution in [2.75, 3.05) is 17.1 Å². The maximum Gasteiger partial charge on any atom is 0.263 e. The largest absolute Gasteiger partial charge is 0.497 e. The molecule has 2 N–H and O–H groups in total. The molecular weight excluding hydrogens is 450 g/mol. The van der Waals surface area contributed by atoms with Gasteiger partial charge in [-0.05, 0) is 48.5 Å². The first-order valence-corrected chi connectivity index (χ1v) is 11.9. The summed E-state index contributed by atoms with van der Waals surface area (Å²) >= 11 is 0. The Bertz CT molecular complexity index is 1550. The summed E-state index contributed by atoms with van der Waals surface area (Å²) < 4.78 is 36.1. The molecule has 0 atom stereocenters. The van der Waals surface area contributed by atoms with Crippen LogP contribution in [0.1, 0.15) is 0 Å². The highest BCUT2D eigenvalue weighted by atomic mass is 32.2. The Labute approximate surface area is 196 Å². The number of para-hydroxylation sites is 2. The maximum absolute atomic E-state index is 13.1. The fourth-order valence-electron chi connectivity index (χ4n) is 3.53. The van der Waals surface area contributed by atoms with Crippen LogP contribution in [0.5, 0.6) is 5.75 Å².